The first-order valence-electron chi connectivity index (χ1n) is 5.70. The Morgan fingerprint density at radius 3 is 2.71 bits per heavy atom. The Morgan fingerprint density at radius 2 is 2.14 bits per heavy atom. The zero-order chi connectivity index (χ0) is 10.0. The molecule has 2 atom stereocenters. The summed E-state index contributed by atoms with van der Waals surface area (Å²) in [4.78, 5) is 0. The van der Waals surface area contributed by atoms with E-state index in [2.05, 4.69) is 18.7 Å². The van der Waals surface area contributed by atoms with E-state index in [-0.39, 0.29) is 0 Å². The van der Waals surface area contributed by atoms with Gasteiger partial charge in [0.15, 0.2) is 0 Å². The molecular weight excluding hydrogens is 194 g/mol. The molecule has 0 radical (unpaired) electrons. The third kappa shape index (κ3) is 2.10. The van der Waals surface area contributed by atoms with E-state index in [4.69, 9.17) is 10.5 Å². The van der Waals surface area contributed by atoms with E-state index >= 15 is 0 Å². The highest BCUT2D eigenvalue weighted by Crippen LogP contribution is 2.43. The van der Waals surface area contributed by atoms with Gasteiger partial charge in [-0.1, -0.05) is 0 Å². The average Bonchev–Trinajstić information content (AvgIpc) is 2.67. The van der Waals surface area contributed by atoms with Crippen LogP contribution < -0.4 is 5.73 Å². The Balaban J connectivity index is 1.95. The van der Waals surface area contributed by atoms with Crippen molar-refractivity contribution in [3.63, 3.8) is 0 Å². The number of nitrogens with two attached hydrogens (primary N) is 1. The molecule has 82 valence electrons. The van der Waals surface area contributed by atoms with Gasteiger partial charge in [0.2, 0.25) is 0 Å². The zero-order valence-corrected chi connectivity index (χ0v) is 9.81. The topological polar surface area (TPSA) is 35.2 Å². The minimum absolute atomic E-state index is 0.349. The molecule has 2 aliphatic heterocycles. The maximum Gasteiger partial charge on any atom is 0.0469 e. The largest absolute Gasteiger partial charge is 0.381 e. The van der Waals surface area contributed by atoms with Gasteiger partial charge in [-0.15, -0.1) is 0 Å². The minimum Gasteiger partial charge on any atom is -0.381 e. The standard InChI is InChI=1S/C11H21NOS/c1-11(5-2-8-14-11)10(12)9-3-6-13-7-4-9/h9-10H,2-8,12H2,1H3. The fourth-order valence-corrected chi connectivity index (χ4v) is 4.07. The van der Waals surface area contributed by atoms with E-state index in [1.54, 1.807) is 0 Å². The van der Waals surface area contributed by atoms with E-state index < -0.39 is 0 Å². The zero-order valence-electron chi connectivity index (χ0n) is 9.00. The van der Waals surface area contributed by atoms with Crippen molar-refractivity contribution in [3.05, 3.63) is 0 Å². The molecule has 0 aromatic rings. The van der Waals surface area contributed by atoms with Crippen LogP contribution in [0.4, 0.5) is 0 Å². The maximum atomic E-state index is 6.41. The van der Waals surface area contributed by atoms with Crippen LogP contribution in [0, 0.1) is 5.92 Å². The van der Waals surface area contributed by atoms with Crippen LogP contribution in [-0.4, -0.2) is 29.8 Å². The molecule has 0 spiro atoms. The Hall–Kier alpha value is 0.270. The summed E-state index contributed by atoms with van der Waals surface area (Å²) in [6.07, 6.45) is 4.98. The monoisotopic (exact) mass is 215 g/mol. The van der Waals surface area contributed by atoms with Crippen LogP contribution in [0.15, 0.2) is 0 Å². The number of rotatable bonds is 2. The minimum atomic E-state index is 0.349. The van der Waals surface area contributed by atoms with Crippen molar-refractivity contribution in [1.29, 1.82) is 0 Å². The van der Waals surface area contributed by atoms with Crippen LogP contribution in [0.2, 0.25) is 0 Å². The second-order valence-electron chi connectivity index (χ2n) is 4.74. The van der Waals surface area contributed by atoms with Gasteiger partial charge in [-0.3, -0.25) is 0 Å². The smallest absolute Gasteiger partial charge is 0.0469 e. The first kappa shape index (κ1) is 10.8. The van der Waals surface area contributed by atoms with Gasteiger partial charge in [-0.25, -0.2) is 0 Å². The van der Waals surface area contributed by atoms with Crippen LogP contribution in [0.1, 0.15) is 32.6 Å². The van der Waals surface area contributed by atoms with E-state index in [1.165, 1.54) is 18.6 Å². The van der Waals surface area contributed by atoms with E-state index in [9.17, 15) is 0 Å². The average molecular weight is 215 g/mol. The number of hydrogen-bond donors (Lipinski definition) is 1. The molecule has 0 aliphatic carbocycles. The predicted molar refractivity (Wildman–Crippen MR) is 61.6 cm³/mol. The summed E-state index contributed by atoms with van der Waals surface area (Å²) in [5.41, 5.74) is 6.41. The van der Waals surface area contributed by atoms with Crippen LogP contribution in [-0.2, 0) is 4.74 Å². The number of ether oxygens (including phenoxy) is 1. The van der Waals surface area contributed by atoms with Gasteiger partial charge >= 0.3 is 0 Å². The Bertz CT molecular complexity index is 186. The molecule has 2 heterocycles. The molecule has 2 fully saturated rings. The van der Waals surface area contributed by atoms with Crippen LogP contribution in [0.5, 0.6) is 0 Å². The predicted octanol–water partition coefficient (Wildman–Crippen LogP) is 2.03. The van der Waals surface area contributed by atoms with E-state index in [1.807, 2.05) is 0 Å². The van der Waals surface area contributed by atoms with Crippen molar-refractivity contribution in [2.75, 3.05) is 19.0 Å². The van der Waals surface area contributed by atoms with Crippen molar-refractivity contribution in [2.24, 2.45) is 11.7 Å². The highest BCUT2D eigenvalue weighted by Gasteiger charge is 2.39. The molecule has 2 nitrogen and oxygen atoms in total. The first-order valence-corrected chi connectivity index (χ1v) is 6.68. The maximum absolute atomic E-state index is 6.41. The molecule has 0 aromatic heterocycles. The van der Waals surface area contributed by atoms with Gasteiger partial charge < -0.3 is 10.5 Å². The third-order valence-corrected chi connectivity index (χ3v) is 5.36. The number of thioether (sulfide) groups is 1. The lowest BCUT2D eigenvalue weighted by Gasteiger charge is -2.38. The van der Waals surface area contributed by atoms with Crippen molar-refractivity contribution >= 4 is 11.8 Å². The molecule has 2 N–H and O–H groups in total. The Morgan fingerprint density at radius 1 is 1.43 bits per heavy atom. The molecule has 0 saturated carbocycles. The summed E-state index contributed by atoms with van der Waals surface area (Å²) < 4.78 is 5.73. The molecule has 3 heteroatoms. The second-order valence-corrected chi connectivity index (χ2v) is 6.37. The fourth-order valence-electron chi connectivity index (χ4n) is 2.64. The van der Waals surface area contributed by atoms with Gasteiger partial charge in [0, 0.05) is 24.0 Å². The third-order valence-electron chi connectivity index (χ3n) is 3.73. The second kappa shape index (κ2) is 4.42. The van der Waals surface area contributed by atoms with Crippen LogP contribution in [0.25, 0.3) is 0 Å². The van der Waals surface area contributed by atoms with Gasteiger partial charge in [-0.05, 0) is 44.3 Å². The lowest BCUT2D eigenvalue weighted by atomic mass is 9.82. The first-order chi connectivity index (χ1) is 6.72. The summed E-state index contributed by atoms with van der Waals surface area (Å²) in [5.74, 6) is 1.99. The quantitative estimate of drug-likeness (QED) is 0.765. The van der Waals surface area contributed by atoms with Gasteiger partial charge in [0.05, 0.1) is 0 Å². The summed E-state index contributed by atoms with van der Waals surface area (Å²) in [7, 11) is 0. The van der Waals surface area contributed by atoms with Crippen LogP contribution in [0.3, 0.4) is 0 Å². The lowest BCUT2D eigenvalue weighted by Crippen LogP contribution is -2.48. The molecule has 14 heavy (non-hydrogen) atoms. The van der Waals surface area contributed by atoms with Gasteiger partial charge in [-0.2, -0.15) is 11.8 Å². The molecule has 2 unspecified atom stereocenters. The van der Waals surface area contributed by atoms with Crippen molar-refractivity contribution < 1.29 is 4.74 Å². The molecule has 0 amide bonds. The summed E-state index contributed by atoms with van der Waals surface area (Å²) >= 11 is 2.08. The summed E-state index contributed by atoms with van der Waals surface area (Å²) in [6.45, 7) is 4.18. The van der Waals surface area contributed by atoms with Crippen molar-refractivity contribution in [3.8, 4) is 0 Å². The Labute approximate surface area is 91.0 Å². The lowest BCUT2D eigenvalue weighted by molar-refractivity contribution is 0.0543. The van der Waals surface area contributed by atoms with Gasteiger partial charge in [0.25, 0.3) is 0 Å². The molecule has 0 aromatic carbocycles. The fraction of sp³-hybridized carbons (Fsp3) is 1.00. The molecule has 2 rings (SSSR count). The highest BCUT2D eigenvalue weighted by molar-refractivity contribution is 8.00. The highest BCUT2D eigenvalue weighted by atomic mass is 32.2. The normalized spacial score (nSPS) is 37.3. The van der Waals surface area contributed by atoms with E-state index in [0.717, 1.165) is 26.1 Å². The van der Waals surface area contributed by atoms with E-state index in [0.29, 0.717) is 16.7 Å². The summed E-state index contributed by atoms with van der Waals surface area (Å²) in [6, 6.07) is 0.374. The van der Waals surface area contributed by atoms with Gasteiger partial charge in [0.1, 0.15) is 0 Å². The molecule has 0 bridgehead atoms. The van der Waals surface area contributed by atoms with Crippen molar-refractivity contribution in [1.82, 2.24) is 0 Å². The SMILES string of the molecule is CC1(C(N)C2CCOCC2)CCCS1. The number of hydrogen-bond acceptors (Lipinski definition) is 3. The molecule has 2 aliphatic rings. The van der Waals surface area contributed by atoms with Crippen LogP contribution >= 0.6 is 11.8 Å². The molecule has 2 saturated heterocycles. The summed E-state index contributed by atoms with van der Waals surface area (Å²) in [5, 5.41) is 0. The Kier molecular flexibility index (Phi) is 3.40. The molecular formula is C11H21NOS. The van der Waals surface area contributed by atoms with Crippen molar-refractivity contribution in [2.45, 2.75) is 43.4 Å².